The van der Waals surface area contributed by atoms with Gasteiger partial charge in [-0.2, -0.15) is 0 Å². The molecule has 0 spiro atoms. The van der Waals surface area contributed by atoms with Gasteiger partial charge < -0.3 is 5.32 Å². The van der Waals surface area contributed by atoms with Crippen molar-refractivity contribution in [2.75, 3.05) is 18.1 Å². The maximum Gasteiger partial charge on any atom is 0.205 e. The molecule has 15 heavy (non-hydrogen) atoms. The van der Waals surface area contributed by atoms with Crippen molar-refractivity contribution in [2.24, 2.45) is 10.8 Å². The number of nitrogens with zero attached hydrogens (tertiary/aromatic N) is 1. The molecular weight excluding hydrogens is 216 g/mol. The van der Waals surface area contributed by atoms with Crippen LogP contribution in [0, 0.1) is 0 Å². The summed E-state index contributed by atoms with van der Waals surface area (Å²) in [4.78, 5) is 4.15. The lowest BCUT2D eigenvalue weighted by atomic mass is 10.3. The van der Waals surface area contributed by atoms with Crippen molar-refractivity contribution >= 4 is 15.8 Å². The number of nitrogens with two attached hydrogens (primary N) is 1. The Balaban J connectivity index is 2.47. The standard InChI is InChI=1S/C8H18N4O2S/c1-2-4-10-8(12-9)11-7-3-5-15(13,14)6-7/h7H,2-6,9H2,1H3,(H2,10,11,12). The number of rotatable bonds is 3. The third kappa shape index (κ3) is 4.05. The largest absolute Gasteiger partial charge is 0.352 e. The fourth-order valence-corrected chi connectivity index (χ4v) is 3.13. The summed E-state index contributed by atoms with van der Waals surface area (Å²) < 4.78 is 22.4. The van der Waals surface area contributed by atoms with Gasteiger partial charge in [-0.25, -0.2) is 14.3 Å². The first-order valence-corrected chi connectivity index (χ1v) is 6.87. The molecule has 0 aromatic rings. The third-order valence-corrected chi connectivity index (χ3v) is 3.97. The summed E-state index contributed by atoms with van der Waals surface area (Å²) in [6.07, 6.45) is 1.55. The Bertz CT molecular complexity index is 326. The molecule has 88 valence electrons. The van der Waals surface area contributed by atoms with Crippen LogP contribution in [0.15, 0.2) is 4.99 Å². The lowest BCUT2D eigenvalue weighted by Gasteiger charge is -2.13. The topological polar surface area (TPSA) is 96.6 Å². The van der Waals surface area contributed by atoms with Gasteiger partial charge in [-0.15, -0.1) is 0 Å². The molecule has 1 heterocycles. The molecule has 0 amide bonds. The van der Waals surface area contributed by atoms with Crippen LogP contribution in [0.4, 0.5) is 0 Å². The van der Waals surface area contributed by atoms with E-state index in [-0.39, 0.29) is 17.5 Å². The van der Waals surface area contributed by atoms with Crippen LogP contribution in [0.2, 0.25) is 0 Å². The molecule has 6 nitrogen and oxygen atoms in total. The quantitative estimate of drug-likeness (QED) is 0.252. The number of sulfone groups is 1. The zero-order valence-corrected chi connectivity index (χ0v) is 9.68. The van der Waals surface area contributed by atoms with Gasteiger partial charge in [0.25, 0.3) is 0 Å². The molecule has 1 fully saturated rings. The highest BCUT2D eigenvalue weighted by Crippen LogP contribution is 2.10. The molecule has 1 unspecified atom stereocenters. The minimum absolute atomic E-state index is 0.0679. The second-order valence-electron chi connectivity index (χ2n) is 3.62. The summed E-state index contributed by atoms with van der Waals surface area (Å²) in [5, 5.41) is 2.99. The average Bonchev–Trinajstić information content (AvgIpc) is 2.52. The van der Waals surface area contributed by atoms with Crippen LogP contribution in [-0.2, 0) is 9.84 Å². The Morgan fingerprint density at radius 3 is 2.80 bits per heavy atom. The van der Waals surface area contributed by atoms with E-state index in [9.17, 15) is 8.42 Å². The summed E-state index contributed by atoms with van der Waals surface area (Å²) >= 11 is 0. The van der Waals surface area contributed by atoms with Gasteiger partial charge in [0.1, 0.15) is 0 Å². The lowest BCUT2D eigenvalue weighted by molar-refractivity contribution is 0.599. The second-order valence-corrected chi connectivity index (χ2v) is 5.85. The molecule has 7 heteroatoms. The summed E-state index contributed by atoms with van der Waals surface area (Å²) in [7, 11) is -2.86. The molecule has 0 bridgehead atoms. The molecule has 0 aromatic heterocycles. The third-order valence-electron chi connectivity index (χ3n) is 2.20. The van der Waals surface area contributed by atoms with Crippen molar-refractivity contribution in [3.8, 4) is 0 Å². The second kappa shape index (κ2) is 5.32. The van der Waals surface area contributed by atoms with Crippen LogP contribution in [0.25, 0.3) is 0 Å². The van der Waals surface area contributed by atoms with Crippen molar-refractivity contribution in [2.45, 2.75) is 25.8 Å². The number of guanidine groups is 1. The van der Waals surface area contributed by atoms with Crippen LogP contribution >= 0.6 is 0 Å². The van der Waals surface area contributed by atoms with Gasteiger partial charge in [0.15, 0.2) is 9.84 Å². The van der Waals surface area contributed by atoms with Crippen LogP contribution in [-0.4, -0.2) is 38.5 Å². The molecular formula is C8H18N4O2S. The molecule has 1 atom stereocenters. The predicted octanol–water partition coefficient (Wildman–Crippen LogP) is -1.01. The van der Waals surface area contributed by atoms with E-state index in [0.717, 1.165) is 6.42 Å². The van der Waals surface area contributed by atoms with E-state index in [1.54, 1.807) is 0 Å². The zero-order valence-electron chi connectivity index (χ0n) is 8.86. The molecule has 1 aliphatic heterocycles. The van der Waals surface area contributed by atoms with Crippen molar-refractivity contribution in [1.82, 2.24) is 10.7 Å². The van der Waals surface area contributed by atoms with Gasteiger partial charge in [0.2, 0.25) is 5.96 Å². The van der Waals surface area contributed by atoms with Crippen LogP contribution < -0.4 is 16.6 Å². The van der Waals surface area contributed by atoms with Gasteiger partial charge in [0.05, 0.1) is 11.5 Å². The summed E-state index contributed by atoms with van der Waals surface area (Å²) in [6, 6.07) is -0.0679. The minimum atomic E-state index is -2.86. The van der Waals surface area contributed by atoms with E-state index >= 15 is 0 Å². The Hall–Kier alpha value is -0.820. The fraction of sp³-hybridized carbons (Fsp3) is 0.875. The Morgan fingerprint density at radius 2 is 2.33 bits per heavy atom. The van der Waals surface area contributed by atoms with E-state index in [4.69, 9.17) is 5.84 Å². The molecule has 1 saturated heterocycles. The zero-order chi connectivity index (χ0) is 11.3. The highest BCUT2D eigenvalue weighted by Gasteiger charge is 2.28. The van der Waals surface area contributed by atoms with Gasteiger partial charge in [-0.1, -0.05) is 6.92 Å². The number of hydrazine groups is 1. The normalized spacial score (nSPS) is 25.2. The predicted molar refractivity (Wildman–Crippen MR) is 60.1 cm³/mol. The van der Waals surface area contributed by atoms with E-state index in [0.29, 0.717) is 18.9 Å². The van der Waals surface area contributed by atoms with E-state index < -0.39 is 9.84 Å². The first-order valence-electron chi connectivity index (χ1n) is 5.05. The molecule has 0 aliphatic carbocycles. The Kier molecular flexibility index (Phi) is 4.34. The molecule has 0 saturated carbocycles. The molecule has 1 aliphatic rings. The van der Waals surface area contributed by atoms with Gasteiger partial charge in [-0.3, -0.25) is 10.4 Å². The summed E-state index contributed by atoms with van der Waals surface area (Å²) in [5.41, 5.74) is 2.44. The van der Waals surface area contributed by atoms with Crippen molar-refractivity contribution < 1.29 is 8.42 Å². The molecule has 0 aromatic carbocycles. The summed E-state index contributed by atoms with van der Waals surface area (Å²) in [5.74, 6) is 6.15. The van der Waals surface area contributed by atoms with Crippen LogP contribution in [0.5, 0.6) is 0 Å². The number of nitrogens with one attached hydrogen (secondary N) is 2. The van der Waals surface area contributed by atoms with Crippen molar-refractivity contribution in [3.63, 3.8) is 0 Å². The summed E-state index contributed by atoms with van der Waals surface area (Å²) in [6.45, 7) is 2.68. The number of aliphatic imine (C=N–C) groups is 1. The first kappa shape index (κ1) is 12.3. The SMILES string of the molecule is CCCN=C(NN)NC1CCS(=O)(=O)C1. The van der Waals surface area contributed by atoms with Gasteiger partial charge in [0, 0.05) is 12.6 Å². The number of hydrogen-bond acceptors (Lipinski definition) is 4. The van der Waals surface area contributed by atoms with Crippen molar-refractivity contribution in [3.05, 3.63) is 0 Å². The van der Waals surface area contributed by atoms with E-state index in [1.807, 2.05) is 6.92 Å². The fourth-order valence-electron chi connectivity index (χ4n) is 1.46. The van der Waals surface area contributed by atoms with Gasteiger partial charge in [-0.05, 0) is 12.8 Å². The Morgan fingerprint density at radius 1 is 1.60 bits per heavy atom. The maximum absolute atomic E-state index is 11.2. The number of hydrogen-bond donors (Lipinski definition) is 3. The smallest absolute Gasteiger partial charge is 0.205 e. The van der Waals surface area contributed by atoms with E-state index in [1.165, 1.54) is 0 Å². The molecule has 1 rings (SSSR count). The monoisotopic (exact) mass is 234 g/mol. The minimum Gasteiger partial charge on any atom is -0.352 e. The Labute approximate surface area is 90.2 Å². The first-order chi connectivity index (χ1) is 7.07. The highest BCUT2D eigenvalue weighted by atomic mass is 32.2. The van der Waals surface area contributed by atoms with Gasteiger partial charge >= 0.3 is 0 Å². The van der Waals surface area contributed by atoms with Crippen LogP contribution in [0.3, 0.4) is 0 Å². The highest BCUT2D eigenvalue weighted by molar-refractivity contribution is 7.91. The molecule has 4 N–H and O–H groups in total. The lowest BCUT2D eigenvalue weighted by Crippen LogP contribution is -2.47. The van der Waals surface area contributed by atoms with E-state index in [2.05, 4.69) is 15.7 Å². The van der Waals surface area contributed by atoms with Crippen LogP contribution in [0.1, 0.15) is 19.8 Å². The van der Waals surface area contributed by atoms with Crippen molar-refractivity contribution in [1.29, 1.82) is 0 Å². The molecule has 0 radical (unpaired) electrons. The average molecular weight is 234 g/mol. The maximum atomic E-state index is 11.2.